The molecular formula is C31H57N7O8. The standard InChI is InChI=1S/C31H57N7O8/c1-2-3-7-10-33-15-21-38(22-16-33)28(40)8-5-4-6-9-32-27(26-39)37-19-17-35(24-30(43)44)13-11-34(23-29(41)42)12-14-36(18-20-37)25-31(45)46/h26-27,32H,2-25H2,1H3,(H,41,42)(H,43,44)(H,45,46). The smallest absolute Gasteiger partial charge is 0.317 e. The molecule has 2 heterocycles. The quantitative estimate of drug-likeness (QED) is 0.103. The molecule has 2 aliphatic heterocycles. The van der Waals surface area contributed by atoms with E-state index in [1.807, 2.05) is 9.80 Å². The number of amides is 1. The van der Waals surface area contributed by atoms with Crippen molar-refractivity contribution in [1.82, 2.24) is 34.7 Å². The van der Waals surface area contributed by atoms with Crippen molar-refractivity contribution >= 4 is 30.1 Å². The molecule has 1 atom stereocenters. The summed E-state index contributed by atoms with van der Waals surface area (Å²) in [4.78, 5) is 70.7. The van der Waals surface area contributed by atoms with Crippen LogP contribution in [0.3, 0.4) is 0 Å². The maximum Gasteiger partial charge on any atom is 0.317 e. The molecule has 0 aromatic rings. The van der Waals surface area contributed by atoms with E-state index in [9.17, 15) is 39.3 Å². The number of rotatable bonds is 19. The lowest BCUT2D eigenvalue weighted by atomic mass is 10.1. The Kier molecular flexibility index (Phi) is 19.5. The summed E-state index contributed by atoms with van der Waals surface area (Å²) in [6.45, 7) is 9.34. The van der Waals surface area contributed by atoms with Crippen molar-refractivity contribution in [2.75, 3.05) is 111 Å². The van der Waals surface area contributed by atoms with Gasteiger partial charge < -0.3 is 25.0 Å². The summed E-state index contributed by atoms with van der Waals surface area (Å²) in [6.07, 6.45) is 6.76. The lowest BCUT2D eigenvalue weighted by Gasteiger charge is -2.35. The minimum Gasteiger partial charge on any atom is -0.480 e. The van der Waals surface area contributed by atoms with Crippen LogP contribution in [0.5, 0.6) is 0 Å². The number of hydrogen-bond acceptors (Lipinski definition) is 11. The number of aliphatic carboxylic acids is 3. The van der Waals surface area contributed by atoms with E-state index in [1.165, 1.54) is 19.3 Å². The minimum atomic E-state index is -1.01. The molecule has 264 valence electrons. The summed E-state index contributed by atoms with van der Waals surface area (Å²) >= 11 is 0. The molecule has 1 amide bonds. The summed E-state index contributed by atoms with van der Waals surface area (Å²) in [5.74, 6) is -2.80. The maximum absolute atomic E-state index is 12.7. The highest BCUT2D eigenvalue weighted by atomic mass is 16.4. The lowest BCUT2D eigenvalue weighted by Crippen LogP contribution is -2.54. The van der Waals surface area contributed by atoms with Crippen molar-refractivity contribution in [2.45, 2.75) is 58.0 Å². The molecular weight excluding hydrogens is 598 g/mol. The Morgan fingerprint density at radius 1 is 0.630 bits per heavy atom. The van der Waals surface area contributed by atoms with Crippen molar-refractivity contribution in [3.8, 4) is 0 Å². The van der Waals surface area contributed by atoms with E-state index in [0.29, 0.717) is 65.3 Å². The van der Waals surface area contributed by atoms with Gasteiger partial charge in [0.25, 0.3) is 0 Å². The van der Waals surface area contributed by atoms with Gasteiger partial charge in [-0.1, -0.05) is 26.2 Å². The normalized spacial score (nSPS) is 19.6. The van der Waals surface area contributed by atoms with Crippen LogP contribution in [0, 0.1) is 0 Å². The Bertz CT molecular complexity index is 903. The van der Waals surface area contributed by atoms with Crippen LogP contribution < -0.4 is 5.32 Å². The molecule has 0 radical (unpaired) electrons. The van der Waals surface area contributed by atoms with E-state index in [-0.39, 0.29) is 25.5 Å². The second-order valence-corrected chi connectivity index (χ2v) is 12.3. The van der Waals surface area contributed by atoms with Gasteiger partial charge >= 0.3 is 17.9 Å². The van der Waals surface area contributed by atoms with Gasteiger partial charge in [0.15, 0.2) is 6.29 Å². The molecule has 2 rings (SSSR count). The van der Waals surface area contributed by atoms with Crippen LogP contribution >= 0.6 is 0 Å². The van der Waals surface area contributed by atoms with Crippen LogP contribution in [-0.4, -0.2) is 192 Å². The molecule has 46 heavy (non-hydrogen) atoms. The zero-order chi connectivity index (χ0) is 33.7. The first-order valence-corrected chi connectivity index (χ1v) is 16.9. The molecule has 2 saturated heterocycles. The third-order valence-electron chi connectivity index (χ3n) is 8.69. The van der Waals surface area contributed by atoms with Gasteiger partial charge in [-0.2, -0.15) is 0 Å². The van der Waals surface area contributed by atoms with Crippen LogP contribution in [-0.2, 0) is 24.0 Å². The number of unbranched alkanes of at least 4 members (excludes halogenated alkanes) is 4. The van der Waals surface area contributed by atoms with Crippen molar-refractivity contribution < 1.29 is 39.3 Å². The van der Waals surface area contributed by atoms with Crippen molar-refractivity contribution in [3.05, 3.63) is 0 Å². The molecule has 0 aliphatic carbocycles. The Morgan fingerprint density at radius 3 is 1.57 bits per heavy atom. The molecule has 0 bridgehead atoms. The number of hydrogen-bond donors (Lipinski definition) is 4. The monoisotopic (exact) mass is 655 g/mol. The van der Waals surface area contributed by atoms with Crippen LogP contribution in [0.2, 0.25) is 0 Å². The predicted octanol–water partition coefficient (Wildman–Crippen LogP) is -0.529. The summed E-state index contributed by atoms with van der Waals surface area (Å²) in [5.41, 5.74) is 0. The van der Waals surface area contributed by atoms with E-state index in [2.05, 4.69) is 17.1 Å². The third kappa shape index (κ3) is 16.7. The molecule has 0 spiro atoms. The van der Waals surface area contributed by atoms with Crippen molar-refractivity contribution in [1.29, 1.82) is 0 Å². The fourth-order valence-corrected chi connectivity index (χ4v) is 5.93. The molecule has 0 aromatic heterocycles. The first-order valence-electron chi connectivity index (χ1n) is 16.9. The molecule has 4 N–H and O–H groups in total. The Labute approximate surface area is 273 Å². The first-order chi connectivity index (χ1) is 22.1. The van der Waals surface area contributed by atoms with E-state index in [0.717, 1.165) is 58.3 Å². The fourth-order valence-electron chi connectivity index (χ4n) is 5.93. The molecule has 0 aromatic carbocycles. The summed E-state index contributed by atoms with van der Waals surface area (Å²) in [5, 5.41) is 31.4. The van der Waals surface area contributed by atoms with Crippen LogP contribution in [0.1, 0.15) is 51.9 Å². The lowest BCUT2D eigenvalue weighted by molar-refractivity contribution is -0.140. The van der Waals surface area contributed by atoms with Gasteiger partial charge in [-0.15, -0.1) is 0 Å². The Morgan fingerprint density at radius 2 is 1.11 bits per heavy atom. The number of carbonyl (C=O) groups is 5. The number of piperazine rings is 1. The van der Waals surface area contributed by atoms with E-state index in [1.54, 1.807) is 14.7 Å². The highest BCUT2D eigenvalue weighted by molar-refractivity contribution is 5.76. The van der Waals surface area contributed by atoms with Crippen molar-refractivity contribution in [3.63, 3.8) is 0 Å². The van der Waals surface area contributed by atoms with Crippen molar-refractivity contribution in [2.24, 2.45) is 0 Å². The molecule has 1 unspecified atom stereocenters. The summed E-state index contributed by atoms with van der Waals surface area (Å²) in [7, 11) is 0. The number of nitrogens with one attached hydrogen (secondary N) is 1. The van der Waals surface area contributed by atoms with Gasteiger partial charge in [0, 0.05) is 85.0 Å². The van der Waals surface area contributed by atoms with Gasteiger partial charge in [0.05, 0.1) is 19.6 Å². The van der Waals surface area contributed by atoms with Crippen LogP contribution in [0.15, 0.2) is 0 Å². The average Bonchev–Trinajstić information content (AvgIpc) is 3.00. The maximum atomic E-state index is 12.7. The van der Waals surface area contributed by atoms with E-state index >= 15 is 0 Å². The Balaban J connectivity index is 1.86. The van der Waals surface area contributed by atoms with Gasteiger partial charge in [-0.3, -0.25) is 49.0 Å². The van der Waals surface area contributed by atoms with Gasteiger partial charge in [0.1, 0.15) is 6.17 Å². The number of carbonyl (C=O) groups excluding carboxylic acids is 2. The Hall–Kier alpha value is -2.69. The molecule has 2 aliphatic rings. The first kappa shape index (κ1) is 39.5. The minimum absolute atomic E-state index is 0.203. The summed E-state index contributed by atoms with van der Waals surface area (Å²) < 4.78 is 0. The SMILES string of the molecule is CCCCCN1CCN(C(=O)CCCCCNC(C=O)N2CCN(CC(=O)O)CCN(CC(=O)O)CCN(CC(=O)O)CC2)CC1. The van der Waals surface area contributed by atoms with Gasteiger partial charge in [0.2, 0.25) is 5.91 Å². The number of nitrogens with zero attached hydrogens (tertiary/aromatic N) is 6. The topological polar surface area (TPSA) is 178 Å². The number of carboxylic acids is 3. The fraction of sp³-hybridized carbons (Fsp3) is 0.839. The third-order valence-corrected chi connectivity index (χ3v) is 8.69. The molecule has 15 nitrogen and oxygen atoms in total. The molecule has 0 saturated carbocycles. The van der Waals surface area contributed by atoms with Crippen LogP contribution in [0.25, 0.3) is 0 Å². The van der Waals surface area contributed by atoms with Gasteiger partial charge in [-0.25, -0.2) is 0 Å². The highest BCUT2D eigenvalue weighted by Crippen LogP contribution is 2.09. The number of carboxylic acid groups (broad SMARTS) is 3. The second kappa shape index (κ2) is 22.8. The van der Waals surface area contributed by atoms with E-state index in [4.69, 9.17) is 0 Å². The second-order valence-electron chi connectivity index (χ2n) is 12.3. The highest BCUT2D eigenvalue weighted by Gasteiger charge is 2.24. The van der Waals surface area contributed by atoms with Gasteiger partial charge in [-0.05, 0) is 32.4 Å². The number of aldehydes is 1. The average molecular weight is 656 g/mol. The zero-order valence-electron chi connectivity index (χ0n) is 27.7. The van der Waals surface area contributed by atoms with Crippen LogP contribution in [0.4, 0.5) is 0 Å². The largest absolute Gasteiger partial charge is 0.480 e. The molecule has 15 heteroatoms. The summed E-state index contributed by atoms with van der Waals surface area (Å²) in [6, 6.07) is 0. The molecule has 2 fully saturated rings. The predicted molar refractivity (Wildman–Crippen MR) is 173 cm³/mol. The van der Waals surface area contributed by atoms with E-state index < -0.39 is 24.1 Å². The zero-order valence-corrected chi connectivity index (χ0v) is 27.7.